The van der Waals surface area contributed by atoms with E-state index in [1.54, 1.807) is 0 Å². The van der Waals surface area contributed by atoms with E-state index in [1.807, 2.05) is 13.8 Å². The molecule has 0 radical (unpaired) electrons. The van der Waals surface area contributed by atoms with Gasteiger partial charge in [0.2, 0.25) is 6.29 Å². The van der Waals surface area contributed by atoms with Crippen molar-refractivity contribution in [3.8, 4) is 0 Å². The summed E-state index contributed by atoms with van der Waals surface area (Å²) in [6.45, 7) is 6.10. The molecule has 0 aromatic rings. The Morgan fingerprint density at radius 1 is 1.28 bits per heavy atom. The van der Waals surface area contributed by atoms with E-state index in [2.05, 4.69) is 0 Å². The van der Waals surface area contributed by atoms with Gasteiger partial charge < -0.3 is 14.2 Å². The molecule has 0 aromatic heterocycles. The van der Waals surface area contributed by atoms with Crippen molar-refractivity contribution in [3.05, 3.63) is 0 Å². The van der Waals surface area contributed by atoms with E-state index < -0.39 is 36.6 Å². The van der Waals surface area contributed by atoms with Crippen molar-refractivity contribution in [2.75, 3.05) is 0 Å². The van der Waals surface area contributed by atoms with Gasteiger partial charge in [0.05, 0.1) is 6.10 Å². The van der Waals surface area contributed by atoms with Gasteiger partial charge in [-0.05, 0) is 5.92 Å². The molecule has 0 aliphatic carbocycles. The summed E-state index contributed by atoms with van der Waals surface area (Å²) < 4.78 is 29.2. The minimum atomic E-state index is -1.49. The lowest BCUT2D eigenvalue weighted by Crippen LogP contribution is -2.36. The van der Waals surface area contributed by atoms with Crippen molar-refractivity contribution in [3.63, 3.8) is 0 Å². The maximum absolute atomic E-state index is 14.2. The third kappa shape index (κ3) is 3.41. The van der Waals surface area contributed by atoms with Crippen LogP contribution in [0.3, 0.4) is 0 Å². The van der Waals surface area contributed by atoms with Gasteiger partial charge >= 0.3 is 11.9 Å². The first-order chi connectivity index (χ1) is 8.36. The average Bonchev–Trinajstić information content (AvgIpc) is 2.55. The molecule has 0 N–H and O–H groups in total. The number of ether oxygens (including phenoxy) is 3. The predicted molar refractivity (Wildman–Crippen MR) is 60.3 cm³/mol. The molecule has 1 aliphatic heterocycles. The van der Waals surface area contributed by atoms with Crippen LogP contribution in [0.4, 0.5) is 4.39 Å². The standard InChI is InChI=1S/C12H19FO5/c1-5-6(2)10-9(13)11(16-7(3)14)12(18-10)17-8(4)15/h6,9-12H,5H2,1-4H3/t6?,9-,10+,11+,12?/m0/s1. The molecule has 5 atom stereocenters. The molecule has 18 heavy (non-hydrogen) atoms. The molecule has 1 heterocycles. The van der Waals surface area contributed by atoms with Crippen molar-refractivity contribution in [1.29, 1.82) is 0 Å². The van der Waals surface area contributed by atoms with Gasteiger partial charge in [0.25, 0.3) is 0 Å². The monoisotopic (exact) mass is 262 g/mol. The summed E-state index contributed by atoms with van der Waals surface area (Å²) in [4.78, 5) is 21.9. The fourth-order valence-corrected chi connectivity index (χ4v) is 1.90. The molecule has 5 nitrogen and oxygen atoms in total. The van der Waals surface area contributed by atoms with Crippen LogP contribution in [0.1, 0.15) is 34.1 Å². The number of rotatable bonds is 4. The van der Waals surface area contributed by atoms with Crippen LogP contribution in [-0.2, 0) is 23.8 Å². The highest BCUT2D eigenvalue weighted by Crippen LogP contribution is 2.33. The Balaban J connectivity index is 2.80. The number of hydrogen-bond donors (Lipinski definition) is 0. The van der Waals surface area contributed by atoms with E-state index in [-0.39, 0.29) is 5.92 Å². The molecule has 1 saturated heterocycles. The van der Waals surface area contributed by atoms with Gasteiger partial charge in [0.15, 0.2) is 12.3 Å². The summed E-state index contributed by atoms with van der Waals surface area (Å²) in [7, 11) is 0. The van der Waals surface area contributed by atoms with Crippen molar-refractivity contribution in [1.82, 2.24) is 0 Å². The van der Waals surface area contributed by atoms with Crippen molar-refractivity contribution in [2.24, 2.45) is 5.92 Å². The van der Waals surface area contributed by atoms with Gasteiger partial charge in [0, 0.05) is 13.8 Å². The lowest BCUT2D eigenvalue weighted by molar-refractivity contribution is -0.196. The summed E-state index contributed by atoms with van der Waals surface area (Å²) in [6, 6.07) is 0. The molecule has 0 spiro atoms. The SMILES string of the molecule is CCC(C)[C@H]1OC(OC(C)=O)[C@H](OC(C)=O)[C@H]1F. The molecule has 0 amide bonds. The summed E-state index contributed by atoms with van der Waals surface area (Å²) in [5.41, 5.74) is 0. The number of alkyl halides is 1. The number of halogens is 1. The zero-order chi connectivity index (χ0) is 13.9. The van der Waals surface area contributed by atoms with Crippen LogP contribution in [0.15, 0.2) is 0 Å². The first-order valence-corrected chi connectivity index (χ1v) is 6.00. The van der Waals surface area contributed by atoms with E-state index in [0.717, 1.165) is 0 Å². The second-order valence-electron chi connectivity index (χ2n) is 4.48. The van der Waals surface area contributed by atoms with E-state index in [9.17, 15) is 14.0 Å². The summed E-state index contributed by atoms with van der Waals surface area (Å²) in [5.74, 6) is -1.29. The van der Waals surface area contributed by atoms with Crippen LogP contribution < -0.4 is 0 Å². The van der Waals surface area contributed by atoms with Crippen molar-refractivity contribution >= 4 is 11.9 Å². The van der Waals surface area contributed by atoms with E-state index in [4.69, 9.17) is 14.2 Å². The number of carbonyl (C=O) groups excluding carboxylic acids is 2. The normalized spacial score (nSPS) is 32.9. The van der Waals surface area contributed by atoms with Gasteiger partial charge in [-0.3, -0.25) is 9.59 Å². The minimum Gasteiger partial charge on any atom is -0.453 e. The highest BCUT2D eigenvalue weighted by atomic mass is 19.1. The lowest BCUT2D eigenvalue weighted by Gasteiger charge is -2.19. The highest BCUT2D eigenvalue weighted by Gasteiger charge is 2.50. The Hall–Kier alpha value is -1.17. The molecular weight excluding hydrogens is 243 g/mol. The van der Waals surface area contributed by atoms with Crippen LogP contribution >= 0.6 is 0 Å². The Kier molecular flexibility index (Phi) is 5.07. The molecule has 104 valence electrons. The fourth-order valence-electron chi connectivity index (χ4n) is 1.90. The minimum absolute atomic E-state index is 0.0568. The molecule has 1 fully saturated rings. The largest absolute Gasteiger partial charge is 0.453 e. The van der Waals surface area contributed by atoms with E-state index >= 15 is 0 Å². The fraction of sp³-hybridized carbons (Fsp3) is 0.833. The Morgan fingerprint density at radius 3 is 2.28 bits per heavy atom. The van der Waals surface area contributed by atoms with Crippen LogP contribution in [0.25, 0.3) is 0 Å². The van der Waals surface area contributed by atoms with Gasteiger partial charge in [-0.15, -0.1) is 0 Å². The molecule has 0 saturated carbocycles. The predicted octanol–water partition coefficient (Wildman–Crippen LogP) is 1.59. The molecular formula is C12H19FO5. The average molecular weight is 262 g/mol. The summed E-state index contributed by atoms with van der Waals surface area (Å²) in [5, 5.41) is 0. The zero-order valence-corrected chi connectivity index (χ0v) is 11.0. The van der Waals surface area contributed by atoms with Gasteiger partial charge in [-0.25, -0.2) is 4.39 Å². The summed E-state index contributed by atoms with van der Waals surface area (Å²) >= 11 is 0. The molecule has 0 aromatic carbocycles. The number of carbonyl (C=O) groups is 2. The topological polar surface area (TPSA) is 61.8 Å². The van der Waals surface area contributed by atoms with Crippen LogP contribution in [0.5, 0.6) is 0 Å². The first kappa shape index (κ1) is 14.9. The van der Waals surface area contributed by atoms with Crippen molar-refractivity contribution in [2.45, 2.75) is 58.8 Å². The third-order valence-electron chi connectivity index (χ3n) is 2.98. The van der Waals surface area contributed by atoms with Crippen LogP contribution in [0, 0.1) is 5.92 Å². The maximum Gasteiger partial charge on any atom is 0.305 e. The van der Waals surface area contributed by atoms with E-state index in [1.165, 1.54) is 13.8 Å². The van der Waals surface area contributed by atoms with Gasteiger partial charge in [0.1, 0.15) is 0 Å². The smallest absolute Gasteiger partial charge is 0.305 e. The summed E-state index contributed by atoms with van der Waals surface area (Å²) in [6.07, 6.45) is -3.87. The molecule has 6 heteroatoms. The number of hydrogen-bond acceptors (Lipinski definition) is 5. The number of esters is 2. The Labute approximate surface area is 106 Å². The quantitative estimate of drug-likeness (QED) is 0.720. The first-order valence-electron chi connectivity index (χ1n) is 6.00. The van der Waals surface area contributed by atoms with E-state index in [0.29, 0.717) is 6.42 Å². The Morgan fingerprint density at radius 2 is 1.83 bits per heavy atom. The van der Waals surface area contributed by atoms with Gasteiger partial charge in [-0.1, -0.05) is 20.3 Å². The highest BCUT2D eigenvalue weighted by molar-refractivity contribution is 5.67. The molecule has 2 unspecified atom stereocenters. The Bertz CT molecular complexity index is 320. The zero-order valence-electron chi connectivity index (χ0n) is 11.0. The molecule has 0 bridgehead atoms. The van der Waals surface area contributed by atoms with Gasteiger partial charge in [-0.2, -0.15) is 0 Å². The maximum atomic E-state index is 14.2. The van der Waals surface area contributed by atoms with Crippen LogP contribution in [0.2, 0.25) is 0 Å². The molecule has 1 aliphatic rings. The second kappa shape index (κ2) is 6.13. The van der Waals surface area contributed by atoms with Crippen LogP contribution in [-0.4, -0.2) is 36.6 Å². The lowest BCUT2D eigenvalue weighted by atomic mass is 9.97. The molecule has 1 rings (SSSR count). The van der Waals surface area contributed by atoms with Crippen molar-refractivity contribution < 1.29 is 28.2 Å². The third-order valence-corrected chi connectivity index (χ3v) is 2.98. The second-order valence-corrected chi connectivity index (χ2v) is 4.48.